The number of halogens is 3. The smallest absolute Gasteiger partial charge is 0.285 e. The maximum absolute atomic E-state index is 12.2. The van der Waals surface area contributed by atoms with Gasteiger partial charge in [0.1, 0.15) is 0 Å². The number of nitro benzene ring substituents is 1. The van der Waals surface area contributed by atoms with Crippen LogP contribution in [0.5, 0.6) is 0 Å². The Hall–Kier alpha value is -1.000. The second-order valence-electron chi connectivity index (χ2n) is 4.00. The maximum Gasteiger partial charge on any atom is 0.285 e. The predicted octanol–water partition coefficient (Wildman–Crippen LogP) is 4.98. The Labute approximate surface area is 150 Å². The summed E-state index contributed by atoms with van der Waals surface area (Å²) in [5, 5.41) is 13.5. The molecular formula is C13H7Br2IN2O3. The summed E-state index contributed by atoms with van der Waals surface area (Å²) in [7, 11) is 0. The predicted molar refractivity (Wildman–Crippen MR) is 95.6 cm³/mol. The van der Waals surface area contributed by atoms with E-state index in [2.05, 4.69) is 59.8 Å². The quantitative estimate of drug-likeness (QED) is 0.349. The van der Waals surface area contributed by atoms with Crippen LogP contribution in [0.2, 0.25) is 0 Å². The van der Waals surface area contributed by atoms with E-state index in [9.17, 15) is 14.9 Å². The number of hydrogen-bond donors (Lipinski definition) is 1. The van der Waals surface area contributed by atoms with E-state index in [-0.39, 0.29) is 11.6 Å². The second kappa shape index (κ2) is 6.84. The van der Waals surface area contributed by atoms with Gasteiger partial charge in [-0.25, -0.2) is 0 Å². The Morgan fingerprint density at radius 3 is 2.48 bits per heavy atom. The minimum absolute atomic E-state index is 0.102. The van der Waals surface area contributed by atoms with Crippen LogP contribution in [0, 0.1) is 13.7 Å². The molecule has 0 spiro atoms. The van der Waals surface area contributed by atoms with Gasteiger partial charge < -0.3 is 5.32 Å². The van der Waals surface area contributed by atoms with Gasteiger partial charge in [0.2, 0.25) is 0 Å². The first-order valence-electron chi connectivity index (χ1n) is 5.59. The molecule has 8 heteroatoms. The largest absolute Gasteiger partial charge is 0.322 e. The lowest BCUT2D eigenvalue weighted by Gasteiger charge is -2.08. The Balaban J connectivity index is 2.29. The average molecular weight is 526 g/mol. The van der Waals surface area contributed by atoms with Crippen LogP contribution < -0.4 is 5.32 Å². The number of hydrogen-bond acceptors (Lipinski definition) is 3. The molecule has 2 aromatic carbocycles. The fraction of sp³-hybridized carbons (Fsp3) is 0. The molecule has 0 aliphatic rings. The van der Waals surface area contributed by atoms with Gasteiger partial charge in [0.15, 0.2) is 0 Å². The molecule has 0 aliphatic heterocycles. The molecule has 0 saturated carbocycles. The van der Waals surface area contributed by atoms with Crippen LogP contribution in [0.1, 0.15) is 10.4 Å². The lowest BCUT2D eigenvalue weighted by Crippen LogP contribution is -2.13. The van der Waals surface area contributed by atoms with E-state index >= 15 is 0 Å². The Bertz CT molecular complexity index is 737. The Morgan fingerprint density at radius 2 is 1.81 bits per heavy atom. The topological polar surface area (TPSA) is 72.2 Å². The summed E-state index contributed by atoms with van der Waals surface area (Å²) < 4.78 is 1.94. The summed E-state index contributed by atoms with van der Waals surface area (Å²) in [5.41, 5.74) is 0.725. The van der Waals surface area contributed by atoms with E-state index in [1.807, 2.05) is 6.07 Å². The number of anilines is 1. The summed E-state index contributed by atoms with van der Waals surface area (Å²) >= 11 is 8.52. The van der Waals surface area contributed by atoms with Crippen molar-refractivity contribution in [2.24, 2.45) is 0 Å². The molecule has 1 N–H and O–H groups in total. The fourth-order valence-electron chi connectivity index (χ4n) is 1.60. The van der Waals surface area contributed by atoms with Crippen molar-refractivity contribution in [3.05, 3.63) is 64.6 Å². The molecule has 0 radical (unpaired) electrons. The second-order valence-corrected chi connectivity index (χ2v) is 6.96. The molecule has 1 amide bonds. The van der Waals surface area contributed by atoms with Gasteiger partial charge >= 0.3 is 0 Å². The molecule has 0 fully saturated rings. The molecule has 0 aromatic heterocycles. The highest BCUT2D eigenvalue weighted by molar-refractivity contribution is 14.1. The molecule has 5 nitrogen and oxygen atoms in total. The monoisotopic (exact) mass is 524 g/mol. The third kappa shape index (κ3) is 4.01. The fourth-order valence-corrected chi connectivity index (χ4v) is 2.91. The number of nitrogens with zero attached hydrogens (tertiary/aromatic N) is 1. The minimum atomic E-state index is -0.513. The molecule has 0 heterocycles. The first kappa shape index (κ1) is 16.4. The molecule has 0 aliphatic carbocycles. The number of amides is 1. The van der Waals surface area contributed by atoms with E-state index < -0.39 is 4.92 Å². The zero-order valence-corrected chi connectivity index (χ0v) is 15.6. The lowest BCUT2D eigenvalue weighted by atomic mass is 10.2. The summed E-state index contributed by atoms with van der Waals surface area (Å²) in [6.07, 6.45) is 0. The van der Waals surface area contributed by atoms with Gasteiger partial charge in [0, 0.05) is 19.8 Å². The zero-order valence-electron chi connectivity index (χ0n) is 10.3. The summed E-state index contributed by atoms with van der Waals surface area (Å²) in [4.78, 5) is 22.6. The molecule has 0 bridgehead atoms. The van der Waals surface area contributed by atoms with Gasteiger partial charge in [-0.1, -0.05) is 0 Å². The number of rotatable bonds is 3. The van der Waals surface area contributed by atoms with E-state index in [1.165, 1.54) is 12.1 Å². The number of carbonyl (C=O) groups excluding carboxylic acids is 1. The molecule has 2 rings (SSSR count). The molecule has 2 aromatic rings. The third-order valence-corrected chi connectivity index (χ3v) is 4.61. The van der Waals surface area contributed by atoms with Gasteiger partial charge in [0.25, 0.3) is 11.6 Å². The molecule has 108 valence electrons. The van der Waals surface area contributed by atoms with Gasteiger partial charge in [-0.2, -0.15) is 0 Å². The van der Waals surface area contributed by atoms with Crippen LogP contribution >= 0.6 is 54.5 Å². The van der Waals surface area contributed by atoms with Crippen LogP contribution in [0.4, 0.5) is 11.4 Å². The highest BCUT2D eigenvalue weighted by Crippen LogP contribution is 2.28. The number of carbonyl (C=O) groups is 1. The van der Waals surface area contributed by atoms with E-state index in [1.54, 1.807) is 18.2 Å². The molecule has 0 unspecified atom stereocenters. The van der Waals surface area contributed by atoms with Crippen molar-refractivity contribution in [1.29, 1.82) is 0 Å². The van der Waals surface area contributed by atoms with Gasteiger partial charge in [-0.3, -0.25) is 14.9 Å². The van der Waals surface area contributed by atoms with Gasteiger partial charge in [-0.05, 0) is 84.8 Å². The molecule has 0 atom stereocenters. The Morgan fingerprint density at radius 1 is 1.14 bits per heavy atom. The van der Waals surface area contributed by atoms with E-state index in [0.717, 1.165) is 3.57 Å². The van der Waals surface area contributed by atoms with Gasteiger partial charge in [0.05, 0.1) is 15.0 Å². The standard InChI is InChI=1S/C13H7Br2IN2O3/c14-10-3-1-7(16)5-9(10)13(19)17-8-2-4-11(15)12(6-8)18(20)21/h1-6H,(H,17,19). The number of nitrogens with one attached hydrogen (secondary N) is 1. The van der Waals surface area contributed by atoms with Crippen LogP contribution in [-0.2, 0) is 0 Å². The first-order chi connectivity index (χ1) is 9.88. The van der Waals surface area contributed by atoms with Crippen molar-refractivity contribution < 1.29 is 9.72 Å². The van der Waals surface area contributed by atoms with Crippen molar-refractivity contribution in [2.75, 3.05) is 5.32 Å². The molecule has 21 heavy (non-hydrogen) atoms. The van der Waals surface area contributed by atoms with Crippen LogP contribution in [0.3, 0.4) is 0 Å². The molecular weight excluding hydrogens is 519 g/mol. The average Bonchev–Trinajstić information content (AvgIpc) is 2.43. The van der Waals surface area contributed by atoms with Crippen molar-refractivity contribution in [3.8, 4) is 0 Å². The van der Waals surface area contributed by atoms with Crippen molar-refractivity contribution in [2.45, 2.75) is 0 Å². The lowest BCUT2D eigenvalue weighted by molar-refractivity contribution is -0.385. The minimum Gasteiger partial charge on any atom is -0.322 e. The van der Waals surface area contributed by atoms with Gasteiger partial charge in [-0.15, -0.1) is 0 Å². The highest BCUT2D eigenvalue weighted by atomic mass is 127. The zero-order chi connectivity index (χ0) is 15.6. The number of benzene rings is 2. The van der Waals surface area contributed by atoms with Crippen molar-refractivity contribution in [3.63, 3.8) is 0 Å². The molecule has 0 saturated heterocycles. The van der Waals surface area contributed by atoms with Crippen molar-refractivity contribution >= 4 is 71.7 Å². The van der Waals surface area contributed by atoms with Crippen molar-refractivity contribution in [1.82, 2.24) is 0 Å². The maximum atomic E-state index is 12.2. The van der Waals surface area contributed by atoms with Crippen LogP contribution in [0.25, 0.3) is 0 Å². The Kier molecular flexibility index (Phi) is 5.33. The normalized spacial score (nSPS) is 10.2. The highest BCUT2D eigenvalue weighted by Gasteiger charge is 2.15. The first-order valence-corrected chi connectivity index (χ1v) is 8.25. The summed E-state index contributed by atoms with van der Waals surface area (Å²) in [6, 6.07) is 9.80. The van der Waals surface area contributed by atoms with Crippen LogP contribution in [0.15, 0.2) is 45.3 Å². The third-order valence-electron chi connectivity index (χ3n) is 2.57. The SMILES string of the molecule is O=C(Nc1ccc(Br)c([N+](=O)[O-])c1)c1cc(I)ccc1Br. The summed E-state index contributed by atoms with van der Waals surface area (Å²) in [5.74, 6) is -0.336. The summed E-state index contributed by atoms with van der Waals surface area (Å²) in [6.45, 7) is 0. The van der Waals surface area contributed by atoms with E-state index in [4.69, 9.17) is 0 Å². The number of nitro groups is 1. The van der Waals surface area contributed by atoms with Crippen LogP contribution in [-0.4, -0.2) is 10.8 Å². The van der Waals surface area contributed by atoms with E-state index in [0.29, 0.717) is 20.2 Å².